The van der Waals surface area contributed by atoms with Crippen molar-refractivity contribution in [2.45, 2.75) is 38.8 Å². The number of aliphatic hydroxyl groups excluding tert-OH is 1. The van der Waals surface area contributed by atoms with E-state index in [9.17, 15) is 5.11 Å². The van der Waals surface area contributed by atoms with E-state index in [1.54, 1.807) is 13.0 Å². The summed E-state index contributed by atoms with van der Waals surface area (Å²) in [4.78, 5) is 0. The van der Waals surface area contributed by atoms with Crippen LogP contribution >= 0.6 is 0 Å². The predicted octanol–water partition coefficient (Wildman–Crippen LogP) is 5.73. The fourth-order valence-corrected chi connectivity index (χ4v) is 3.47. The van der Waals surface area contributed by atoms with Gasteiger partial charge in [0.25, 0.3) is 0 Å². The summed E-state index contributed by atoms with van der Waals surface area (Å²) in [5, 5.41) is 12.8. The van der Waals surface area contributed by atoms with Crippen LogP contribution in [-0.2, 0) is 11.2 Å². The largest absolute Gasteiger partial charge is 0.513 e. The van der Waals surface area contributed by atoms with Crippen LogP contribution in [0.3, 0.4) is 0 Å². The predicted molar refractivity (Wildman–Crippen MR) is 116 cm³/mol. The summed E-state index contributed by atoms with van der Waals surface area (Å²) in [5.41, 5.74) is 5.06. The second kappa shape index (κ2) is 9.95. The van der Waals surface area contributed by atoms with Crippen molar-refractivity contribution in [3.8, 4) is 0 Å². The van der Waals surface area contributed by atoms with Crippen molar-refractivity contribution < 1.29 is 9.84 Å². The lowest BCUT2D eigenvalue weighted by molar-refractivity contribution is 0.0932. The Hall–Kier alpha value is -2.78. The maximum Gasteiger partial charge on any atom is 0.0877 e. The van der Waals surface area contributed by atoms with E-state index in [1.165, 1.54) is 22.3 Å². The van der Waals surface area contributed by atoms with Crippen molar-refractivity contribution >= 4 is 5.57 Å². The third-order valence-electron chi connectivity index (χ3n) is 4.83. The summed E-state index contributed by atoms with van der Waals surface area (Å²) >= 11 is 0. The Bertz CT molecular complexity index is 848. The average molecular weight is 376 g/mol. The zero-order valence-electron chi connectivity index (χ0n) is 16.6. The van der Waals surface area contributed by atoms with E-state index < -0.39 is 0 Å². The number of nitrogens with one attached hydrogen (secondary N) is 1. The van der Waals surface area contributed by atoms with Gasteiger partial charge >= 0.3 is 0 Å². The first-order valence-electron chi connectivity index (χ1n) is 9.90. The van der Waals surface area contributed by atoms with Gasteiger partial charge in [-0.25, -0.2) is 0 Å². The minimum Gasteiger partial charge on any atom is -0.513 e. The highest BCUT2D eigenvalue weighted by Crippen LogP contribution is 2.26. The van der Waals surface area contributed by atoms with Crippen molar-refractivity contribution in [3.63, 3.8) is 0 Å². The molecule has 1 aliphatic rings. The molecule has 2 atom stereocenters. The number of rotatable bonds is 8. The summed E-state index contributed by atoms with van der Waals surface area (Å²) in [6.07, 6.45) is 10.1. The SMILES string of the molecule is C/C(O)=C/C(C)OCCCc1ccccc1C1C=CC(c2ccccc2)=CN1. The van der Waals surface area contributed by atoms with Crippen LogP contribution in [0.1, 0.15) is 43.0 Å². The number of dihydropyridines is 1. The van der Waals surface area contributed by atoms with Gasteiger partial charge in [0.05, 0.1) is 17.9 Å². The number of aryl methyl sites for hydroxylation is 1. The van der Waals surface area contributed by atoms with E-state index >= 15 is 0 Å². The van der Waals surface area contributed by atoms with Crippen molar-refractivity contribution in [3.05, 3.63) is 101 Å². The van der Waals surface area contributed by atoms with Crippen molar-refractivity contribution in [2.24, 2.45) is 0 Å². The Morgan fingerprint density at radius 3 is 2.61 bits per heavy atom. The number of ether oxygens (including phenoxy) is 1. The number of hydrogen-bond donors (Lipinski definition) is 2. The molecule has 3 nitrogen and oxygen atoms in total. The summed E-state index contributed by atoms with van der Waals surface area (Å²) in [6, 6.07) is 19.2. The van der Waals surface area contributed by atoms with Gasteiger partial charge in [0, 0.05) is 12.8 Å². The van der Waals surface area contributed by atoms with Crippen LogP contribution in [0.5, 0.6) is 0 Å². The van der Waals surface area contributed by atoms with Gasteiger partial charge in [-0.05, 0) is 55.0 Å². The van der Waals surface area contributed by atoms with Gasteiger partial charge in [0.15, 0.2) is 0 Å². The molecule has 28 heavy (non-hydrogen) atoms. The van der Waals surface area contributed by atoms with Gasteiger partial charge in [0.1, 0.15) is 0 Å². The van der Waals surface area contributed by atoms with Gasteiger partial charge in [-0.2, -0.15) is 0 Å². The number of allylic oxidation sites excluding steroid dienone is 3. The zero-order valence-corrected chi connectivity index (χ0v) is 16.6. The Morgan fingerprint density at radius 1 is 1.14 bits per heavy atom. The lowest BCUT2D eigenvalue weighted by atomic mass is 9.94. The lowest BCUT2D eigenvalue weighted by Gasteiger charge is -2.22. The van der Waals surface area contributed by atoms with Crippen molar-refractivity contribution in [1.29, 1.82) is 0 Å². The quantitative estimate of drug-likeness (QED) is 0.457. The summed E-state index contributed by atoms with van der Waals surface area (Å²) in [6.45, 7) is 4.28. The standard InChI is InChI=1S/C25H29NO2/c1-19(27)17-20(2)28-16-8-12-22-11-6-7-13-24(22)25-15-14-23(18-26-25)21-9-4-3-5-10-21/h3-7,9-11,13-15,17-18,20,25-27H,8,12,16H2,1-2H3/b19-17-. The van der Waals surface area contributed by atoms with Gasteiger partial charge in [-0.3, -0.25) is 0 Å². The summed E-state index contributed by atoms with van der Waals surface area (Å²) < 4.78 is 5.75. The molecule has 146 valence electrons. The molecule has 0 saturated heterocycles. The molecule has 0 spiro atoms. The molecule has 3 rings (SSSR count). The van der Waals surface area contributed by atoms with Crippen LogP contribution in [0.2, 0.25) is 0 Å². The highest BCUT2D eigenvalue weighted by Gasteiger charge is 2.14. The van der Waals surface area contributed by atoms with Crippen molar-refractivity contribution in [1.82, 2.24) is 5.32 Å². The lowest BCUT2D eigenvalue weighted by Crippen LogP contribution is -2.18. The Morgan fingerprint density at radius 2 is 1.89 bits per heavy atom. The molecule has 1 heterocycles. The van der Waals surface area contributed by atoms with Crippen LogP contribution in [0, 0.1) is 0 Å². The molecule has 0 aromatic heterocycles. The molecule has 0 fully saturated rings. The fraction of sp³-hybridized carbons (Fsp3) is 0.280. The van der Waals surface area contributed by atoms with E-state index in [2.05, 4.69) is 72.2 Å². The molecule has 0 saturated carbocycles. The van der Waals surface area contributed by atoms with E-state index in [4.69, 9.17) is 4.74 Å². The van der Waals surface area contributed by atoms with Gasteiger partial charge in [-0.1, -0.05) is 66.7 Å². The minimum absolute atomic E-state index is 0.0651. The van der Waals surface area contributed by atoms with Gasteiger partial charge < -0.3 is 15.2 Å². The third kappa shape index (κ3) is 5.61. The molecular formula is C25H29NO2. The molecular weight excluding hydrogens is 346 g/mol. The van der Waals surface area contributed by atoms with Crippen molar-refractivity contribution in [2.75, 3.05) is 6.61 Å². The molecule has 2 aromatic carbocycles. The van der Waals surface area contributed by atoms with Gasteiger partial charge in [0.2, 0.25) is 0 Å². The van der Waals surface area contributed by atoms with E-state index in [0.29, 0.717) is 12.4 Å². The fourth-order valence-electron chi connectivity index (χ4n) is 3.47. The normalized spacial score (nSPS) is 17.7. The average Bonchev–Trinajstić information content (AvgIpc) is 2.72. The summed E-state index contributed by atoms with van der Waals surface area (Å²) in [5.74, 6) is 0.302. The van der Waals surface area contributed by atoms with E-state index in [1.807, 2.05) is 13.0 Å². The first-order chi connectivity index (χ1) is 13.6. The molecule has 0 radical (unpaired) electrons. The minimum atomic E-state index is -0.0651. The molecule has 0 aliphatic carbocycles. The Labute approximate surface area is 168 Å². The number of hydrogen-bond acceptors (Lipinski definition) is 3. The maximum absolute atomic E-state index is 9.29. The monoisotopic (exact) mass is 375 g/mol. The van der Waals surface area contributed by atoms with Crippen LogP contribution in [0.4, 0.5) is 0 Å². The zero-order chi connectivity index (χ0) is 19.8. The molecule has 2 aromatic rings. The second-order valence-electron chi connectivity index (χ2n) is 7.16. The smallest absolute Gasteiger partial charge is 0.0877 e. The summed E-state index contributed by atoms with van der Waals surface area (Å²) in [7, 11) is 0. The Kier molecular flexibility index (Phi) is 7.10. The molecule has 0 bridgehead atoms. The maximum atomic E-state index is 9.29. The topological polar surface area (TPSA) is 41.5 Å². The first-order valence-corrected chi connectivity index (χ1v) is 9.90. The molecule has 3 heteroatoms. The van der Waals surface area contributed by atoms with Crippen LogP contribution in [0.15, 0.2) is 84.8 Å². The van der Waals surface area contributed by atoms with Gasteiger partial charge in [-0.15, -0.1) is 0 Å². The Balaban J connectivity index is 1.58. The molecule has 2 unspecified atom stereocenters. The van der Waals surface area contributed by atoms with Crippen LogP contribution in [-0.4, -0.2) is 17.8 Å². The highest BCUT2D eigenvalue weighted by atomic mass is 16.5. The number of benzene rings is 2. The second-order valence-corrected chi connectivity index (χ2v) is 7.16. The van der Waals surface area contributed by atoms with E-state index in [-0.39, 0.29) is 12.1 Å². The molecule has 1 aliphatic heterocycles. The first kappa shape index (κ1) is 20.0. The third-order valence-corrected chi connectivity index (χ3v) is 4.83. The number of aliphatic hydroxyl groups is 1. The van der Waals surface area contributed by atoms with Crippen LogP contribution in [0.25, 0.3) is 5.57 Å². The molecule has 2 N–H and O–H groups in total. The van der Waals surface area contributed by atoms with E-state index in [0.717, 1.165) is 12.8 Å². The molecule has 0 amide bonds. The van der Waals surface area contributed by atoms with Crippen LogP contribution < -0.4 is 5.32 Å². The highest BCUT2D eigenvalue weighted by molar-refractivity contribution is 5.74.